The van der Waals surface area contributed by atoms with Gasteiger partial charge in [0.1, 0.15) is 6.10 Å². The largest absolute Gasteiger partial charge is 0.394 e. The van der Waals surface area contributed by atoms with E-state index < -0.39 is 22.2 Å². The van der Waals surface area contributed by atoms with Crippen LogP contribution in [0.1, 0.15) is 0 Å². The molecule has 6 heteroatoms. The van der Waals surface area contributed by atoms with Gasteiger partial charge in [-0.3, -0.25) is 4.18 Å². The van der Waals surface area contributed by atoms with Gasteiger partial charge in [0.25, 0.3) is 10.1 Å². The van der Waals surface area contributed by atoms with Crippen LogP contribution in [0.3, 0.4) is 0 Å². The van der Waals surface area contributed by atoms with E-state index in [9.17, 15) is 8.42 Å². The van der Waals surface area contributed by atoms with Crippen molar-refractivity contribution in [3.8, 4) is 0 Å². The summed E-state index contributed by atoms with van der Waals surface area (Å²) in [6, 6.07) is 0. The van der Waals surface area contributed by atoms with E-state index in [2.05, 4.69) is 8.92 Å². The van der Waals surface area contributed by atoms with Crippen LogP contribution in [0.4, 0.5) is 0 Å². The summed E-state index contributed by atoms with van der Waals surface area (Å²) in [7, 11) is -3.46. The molecule has 1 aliphatic rings. The lowest BCUT2D eigenvalue weighted by Crippen LogP contribution is -2.34. The van der Waals surface area contributed by atoms with Crippen molar-refractivity contribution in [1.82, 2.24) is 0 Å². The fourth-order valence-corrected chi connectivity index (χ4v) is 1.33. The highest BCUT2D eigenvalue weighted by atomic mass is 32.2. The molecule has 1 saturated heterocycles. The number of rotatable bonds is 1. The van der Waals surface area contributed by atoms with Gasteiger partial charge >= 0.3 is 0 Å². The molecule has 0 radical (unpaired) electrons. The van der Waals surface area contributed by atoms with Crippen LogP contribution in [0.5, 0.6) is 0 Å². The number of aliphatic hydroxyl groups excluding tert-OH is 1. The normalized spacial score (nSPS) is 31.9. The van der Waals surface area contributed by atoms with E-state index in [0.717, 1.165) is 0 Å². The van der Waals surface area contributed by atoms with Crippen LogP contribution in [0.15, 0.2) is 0 Å². The Morgan fingerprint density at radius 2 is 2.30 bits per heavy atom. The van der Waals surface area contributed by atoms with Crippen molar-refractivity contribution in [3.63, 3.8) is 0 Å². The van der Waals surface area contributed by atoms with Gasteiger partial charge in [-0.25, -0.2) is 0 Å². The average Bonchev–Trinajstić information content (AvgIpc) is 1.88. The first kappa shape index (κ1) is 7.93. The Bertz CT molecular complexity index is 182. The molecule has 0 saturated carbocycles. The van der Waals surface area contributed by atoms with Crippen LogP contribution >= 0.6 is 0 Å². The predicted octanol–water partition coefficient (Wildman–Crippen LogP) is -1.32. The van der Waals surface area contributed by atoms with Crippen LogP contribution in [-0.2, 0) is 19.0 Å². The number of aliphatic hydroxyl groups is 1. The van der Waals surface area contributed by atoms with Gasteiger partial charge in [0, 0.05) is 0 Å². The summed E-state index contributed by atoms with van der Waals surface area (Å²) in [5, 5.41) is 8.46. The molecule has 1 rings (SSSR count). The fourth-order valence-electron chi connectivity index (χ4n) is 0.547. The zero-order chi connectivity index (χ0) is 7.61. The van der Waals surface area contributed by atoms with Gasteiger partial charge in [-0.05, 0) is 0 Å². The molecule has 10 heavy (non-hydrogen) atoms. The van der Waals surface area contributed by atoms with Gasteiger partial charge in [0.15, 0.2) is 5.94 Å². The molecule has 1 unspecified atom stereocenters. The molecule has 1 aliphatic heterocycles. The van der Waals surface area contributed by atoms with Gasteiger partial charge in [0.05, 0.1) is 13.2 Å². The zero-order valence-electron chi connectivity index (χ0n) is 5.19. The van der Waals surface area contributed by atoms with Crippen molar-refractivity contribution in [3.05, 3.63) is 0 Å². The van der Waals surface area contributed by atoms with E-state index >= 15 is 0 Å². The van der Waals surface area contributed by atoms with E-state index in [-0.39, 0.29) is 13.2 Å². The quantitative estimate of drug-likeness (QED) is 0.492. The first-order valence-corrected chi connectivity index (χ1v) is 4.31. The second-order valence-corrected chi connectivity index (χ2v) is 3.52. The topological polar surface area (TPSA) is 72.8 Å². The molecule has 5 nitrogen and oxygen atoms in total. The summed E-state index contributed by atoms with van der Waals surface area (Å²) < 4.78 is 30.0. The molecule has 0 aromatic heterocycles. The highest BCUT2D eigenvalue weighted by molar-refractivity contribution is 7.86. The van der Waals surface area contributed by atoms with Gasteiger partial charge in [-0.1, -0.05) is 0 Å². The molecule has 60 valence electrons. The fraction of sp³-hybridized carbons (Fsp3) is 1.00. The Kier molecular flexibility index (Phi) is 2.24. The van der Waals surface area contributed by atoms with Crippen LogP contribution < -0.4 is 0 Å². The van der Waals surface area contributed by atoms with Crippen molar-refractivity contribution >= 4 is 10.1 Å². The van der Waals surface area contributed by atoms with E-state index in [0.29, 0.717) is 0 Å². The number of hydrogen-bond donors (Lipinski definition) is 1. The minimum atomic E-state index is -3.46. The molecule has 1 N–H and O–H groups in total. The molecular weight excluding hydrogens is 160 g/mol. The summed E-state index contributed by atoms with van der Waals surface area (Å²) in [4.78, 5) is 0. The maximum absolute atomic E-state index is 10.5. The third kappa shape index (κ3) is 1.91. The molecule has 1 atom stereocenters. The maximum atomic E-state index is 10.5. The Labute approximate surface area is 58.7 Å². The first-order chi connectivity index (χ1) is 4.64. The van der Waals surface area contributed by atoms with Gasteiger partial charge in [-0.2, -0.15) is 8.42 Å². The highest BCUT2D eigenvalue weighted by Gasteiger charge is 2.23. The molecular formula is C4H8O5S. The van der Waals surface area contributed by atoms with Crippen molar-refractivity contribution < 1.29 is 22.4 Å². The van der Waals surface area contributed by atoms with Gasteiger partial charge < -0.3 is 9.84 Å². The second-order valence-electron chi connectivity index (χ2n) is 1.93. The minimum absolute atomic E-state index is 0.0845. The van der Waals surface area contributed by atoms with Crippen LogP contribution in [0.2, 0.25) is 0 Å². The first-order valence-electron chi connectivity index (χ1n) is 2.73. The number of hydrogen-bond acceptors (Lipinski definition) is 5. The third-order valence-electron chi connectivity index (χ3n) is 1.09. The van der Waals surface area contributed by atoms with E-state index in [1.807, 2.05) is 0 Å². The molecule has 0 aromatic rings. The Balaban J connectivity index is 2.46. The molecule has 0 aromatic carbocycles. The van der Waals surface area contributed by atoms with E-state index in [1.54, 1.807) is 0 Å². The van der Waals surface area contributed by atoms with Crippen molar-refractivity contribution in [2.75, 3.05) is 19.2 Å². The Morgan fingerprint density at radius 3 is 2.70 bits per heavy atom. The zero-order valence-corrected chi connectivity index (χ0v) is 6.00. The van der Waals surface area contributed by atoms with Crippen LogP contribution in [-0.4, -0.2) is 38.8 Å². The van der Waals surface area contributed by atoms with Gasteiger partial charge in [0.2, 0.25) is 0 Å². The number of ether oxygens (including phenoxy) is 1. The Morgan fingerprint density at radius 1 is 1.60 bits per heavy atom. The van der Waals surface area contributed by atoms with Crippen LogP contribution in [0.25, 0.3) is 0 Å². The molecule has 0 aliphatic carbocycles. The monoisotopic (exact) mass is 168 g/mol. The molecule has 1 fully saturated rings. The second kappa shape index (κ2) is 2.83. The third-order valence-corrected chi connectivity index (χ3v) is 2.01. The summed E-state index contributed by atoms with van der Waals surface area (Å²) in [5.74, 6) is -0.460. The summed E-state index contributed by atoms with van der Waals surface area (Å²) >= 11 is 0. The molecule has 0 amide bonds. The summed E-state index contributed by atoms with van der Waals surface area (Å²) in [6.07, 6.45) is -0.497. The van der Waals surface area contributed by atoms with Crippen molar-refractivity contribution in [1.29, 1.82) is 0 Å². The van der Waals surface area contributed by atoms with Gasteiger partial charge in [-0.15, -0.1) is 0 Å². The van der Waals surface area contributed by atoms with Crippen LogP contribution in [0, 0.1) is 0 Å². The lowest BCUT2D eigenvalue weighted by atomic mass is 10.4. The standard InChI is InChI=1S/C4H8O5S/c5-1-4-2-9-10(6,7)3-8-4/h4-5H,1-3H2. The van der Waals surface area contributed by atoms with E-state index in [4.69, 9.17) is 5.11 Å². The minimum Gasteiger partial charge on any atom is -0.394 e. The Hall–Kier alpha value is -0.170. The predicted molar refractivity (Wildman–Crippen MR) is 31.7 cm³/mol. The summed E-state index contributed by atoms with van der Waals surface area (Å²) in [6.45, 7) is -0.297. The SMILES string of the molecule is O=S1(=O)COC(CO)CO1. The lowest BCUT2D eigenvalue weighted by Gasteiger charge is -2.19. The van der Waals surface area contributed by atoms with E-state index in [1.165, 1.54) is 0 Å². The lowest BCUT2D eigenvalue weighted by molar-refractivity contribution is -0.0153. The average molecular weight is 168 g/mol. The summed E-state index contributed by atoms with van der Waals surface area (Å²) in [5.41, 5.74) is 0. The maximum Gasteiger partial charge on any atom is 0.291 e. The molecule has 0 bridgehead atoms. The smallest absolute Gasteiger partial charge is 0.291 e. The van der Waals surface area contributed by atoms with Crippen molar-refractivity contribution in [2.45, 2.75) is 6.10 Å². The molecule has 1 heterocycles. The van der Waals surface area contributed by atoms with Crippen molar-refractivity contribution in [2.24, 2.45) is 0 Å². The molecule has 0 spiro atoms. The highest BCUT2D eigenvalue weighted by Crippen LogP contribution is 2.06.